The van der Waals surface area contributed by atoms with E-state index in [0.29, 0.717) is 5.76 Å². The van der Waals surface area contributed by atoms with E-state index in [0.717, 1.165) is 4.90 Å². The first-order chi connectivity index (χ1) is 11.1. The van der Waals surface area contributed by atoms with Gasteiger partial charge in [0, 0.05) is 19.2 Å². The molecule has 0 atom stereocenters. The molecular formula is C13H10F3N3O5. The van der Waals surface area contributed by atoms with Crippen molar-refractivity contribution in [3.05, 3.63) is 62.1 Å². The third-order valence-electron chi connectivity index (χ3n) is 3.15. The van der Waals surface area contributed by atoms with Crippen LogP contribution in [0.4, 0.5) is 30.2 Å². The molecule has 0 aliphatic carbocycles. The van der Waals surface area contributed by atoms with Crippen molar-refractivity contribution in [2.75, 3.05) is 11.9 Å². The average molecular weight is 345 g/mol. The van der Waals surface area contributed by atoms with Gasteiger partial charge in [-0.05, 0) is 12.1 Å². The van der Waals surface area contributed by atoms with Crippen molar-refractivity contribution in [1.82, 2.24) is 0 Å². The van der Waals surface area contributed by atoms with Crippen LogP contribution in [-0.4, -0.2) is 16.9 Å². The smallest absolute Gasteiger partial charge is 0.416 e. The lowest BCUT2D eigenvalue weighted by Gasteiger charge is -2.19. The number of hydrogen-bond acceptors (Lipinski definition) is 6. The first kappa shape index (κ1) is 17.2. The largest absolute Gasteiger partial charge is 0.467 e. The van der Waals surface area contributed by atoms with E-state index >= 15 is 0 Å². The van der Waals surface area contributed by atoms with Gasteiger partial charge in [-0.25, -0.2) is 0 Å². The SMILES string of the molecule is CN(Cc1ccco1)c1c([N+](=O)[O-])cc(C(F)(F)F)cc1[N+](=O)[O-]. The van der Waals surface area contributed by atoms with Crippen molar-refractivity contribution >= 4 is 17.1 Å². The molecule has 128 valence electrons. The van der Waals surface area contributed by atoms with Gasteiger partial charge in [0.1, 0.15) is 5.76 Å². The lowest BCUT2D eigenvalue weighted by atomic mass is 10.1. The van der Waals surface area contributed by atoms with Gasteiger partial charge in [-0.3, -0.25) is 20.2 Å². The summed E-state index contributed by atoms with van der Waals surface area (Å²) >= 11 is 0. The van der Waals surface area contributed by atoms with Gasteiger partial charge in [0.2, 0.25) is 0 Å². The zero-order valence-electron chi connectivity index (χ0n) is 12.1. The van der Waals surface area contributed by atoms with Gasteiger partial charge < -0.3 is 9.32 Å². The van der Waals surface area contributed by atoms with Crippen molar-refractivity contribution < 1.29 is 27.4 Å². The Morgan fingerprint density at radius 3 is 2.08 bits per heavy atom. The molecule has 0 saturated heterocycles. The molecule has 0 aliphatic heterocycles. The maximum atomic E-state index is 12.8. The summed E-state index contributed by atoms with van der Waals surface area (Å²) in [5, 5.41) is 22.3. The second-order valence-corrected chi connectivity index (χ2v) is 4.81. The summed E-state index contributed by atoms with van der Waals surface area (Å²) < 4.78 is 43.6. The molecular weight excluding hydrogens is 335 g/mol. The van der Waals surface area contributed by atoms with Crippen molar-refractivity contribution in [3.63, 3.8) is 0 Å². The first-order valence-corrected chi connectivity index (χ1v) is 6.38. The van der Waals surface area contributed by atoms with E-state index in [2.05, 4.69) is 0 Å². The van der Waals surface area contributed by atoms with Crippen molar-refractivity contribution in [2.24, 2.45) is 0 Å². The molecule has 1 aromatic carbocycles. The Morgan fingerprint density at radius 1 is 1.17 bits per heavy atom. The van der Waals surface area contributed by atoms with Crippen LogP contribution in [0.5, 0.6) is 0 Å². The fourth-order valence-electron chi connectivity index (χ4n) is 2.15. The summed E-state index contributed by atoms with van der Waals surface area (Å²) in [5.74, 6) is 0.334. The van der Waals surface area contributed by atoms with Crippen LogP contribution in [0.3, 0.4) is 0 Å². The third-order valence-corrected chi connectivity index (χ3v) is 3.15. The Hall–Kier alpha value is -3.11. The van der Waals surface area contributed by atoms with E-state index in [1.54, 1.807) is 6.07 Å². The lowest BCUT2D eigenvalue weighted by Crippen LogP contribution is -2.20. The summed E-state index contributed by atoms with van der Waals surface area (Å²) in [5.41, 5.74) is -4.01. The quantitative estimate of drug-likeness (QED) is 0.604. The van der Waals surface area contributed by atoms with Crippen LogP contribution in [0, 0.1) is 20.2 Å². The van der Waals surface area contributed by atoms with E-state index in [1.807, 2.05) is 0 Å². The average Bonchev–Trinajstić information content (AvgIpc) is 2.97. The standard InChI is InChI=1S/C13H10F3N3O5/c1-17(7-9-3-2-4-24-9)12-10(18(20)21)5-8(13(14,15)16)6-11(12)19(22)23/h2-6H,7H2,1H3. The molecule has 8 nitrogen and oxygen atoms in total. The van der Waals surface area contributed by atoms with Crippen molar-refractivity contribution in [1.29, 1.82) is 0 Å². The Kier molecular flexibility index (Phi) is 4.44. The Balaban J connectivity index is 2.63. The normalized spacial score (nSPS) is 11.3. The summed E-state index contributed by atoms with van der Waals surface area (Å²) in [7, 11) is 1.28. The van der Waals surface area contributed by atoms with E-state index in [4.69, 9.17) is 4.42 Å². The fraction of sp³-hybridized carbons (Fsp3) is 0.231. The second kappa shape index (κ2) is 6.18. The molecule has 1 heterocycles. The predicted molar refractivity (Wildman–Crippen MR) is 75.6 cm³/mol. The summed E-state index contributed by atoms with van der Waals surface area (Å²) in [6, 6.07) is 3.62. The van der Waals surface area contributed by atoms with Gasteiger partial charge in [-0.2, -0.15) is 13.2 Å². The van der Waals surface area contributed by atoms with Crippen LogP contribution in [0.25, 0.3) is 0 Å². The molecule has 0 amide bonds. The molecule has 0 saturated carbocycles. The fourth-order valence-corrected chi connectivity index (χ4v) is 2.15. The number of anilines is 1. The molecule has 0 bridgehead atoms. The Labute approximate surface area is 132 Å². The van der Waals surface area contributed by atoms with Gasteiger partial charge in [0.15, 0.2) is 5.69 Å². The van der Waals surface area contributed by atoms with Gasteiger partial charge >= 0.3 is 6.18 Å². The van der Waals surface area contributed by atoms with Gasteiger partial charge in [-0.15, -0.1) is 0 Å². The van der Waals surface area contributed by atoms with E-state index < -0.39 is 38.6 Å². The highest BCUT2D eigenvalue weighted by atomic mass is 19.4. The van der Waals surface area contributed by atoms with Gasteiger partial charge in [-0.1, -0.05) is 0 Å². The second-order valence-electron chi connectivity index (χ2n) is 4.81. The highest BCUT2D eigenvalue weighted by molar-refractivity contribution is 5.76. The Bertz CT molecular complexity index is 739. The minimum Gasteiger partial charge on any atom is -0.467 e. The summed E-state index contributed by atoms with van der Waals surface area (Å²) in [6.07, 6.45) is -3.62. The molecule has 0 unspecified atom stereocenters. The van der Waals surface area contributed by atoms with Crippen molar-refractivity contribution in [2.45, 2.75) is 12.7 Å². The summed E-state index contributed by atoms with van der Waals surface area (Å²) in [4.78, 5) is 21.2. The molecule has 24 heavy (non-hydrogen) atoms. The molecule has 0 radical (unpaired) electrons. The summed E-state index contributed by atoms with van der Waals surface area (Å²) in [6.45, 7) is -0.0972. The topological polar surface area (TPSA) is 103 Å². The zero-order valence-corrected chi connectivity index (χ0v) is 12.1. The van der Waals surface area contributed by atoms with E-state index in [-0.39, 0.29) is 18.7 Å². The third kappa shape index (κ3) is 3.45. The minimum absolute atomic E-state index is 0.0972. The maximum Gasteiger partial charge on any atom is 0.416 e. The number of rotatable bonds is 5. The predicted octanol–water partition coefficient (Wildman–Crippen LogP) is 3.75. The van der Waals surface area contributed by atoms with E-state index in [1.165, 1.54) is 19.4 Å². The molecule has 0 aliphatic rings. The number of benzene rings is 1. The van der Waals surface area contributed by atoms with Crippen LogP contribution >= 0.6 is 0 Å². The molecule has 0 fully saturated rings. The molecule has 1 aromatic heterocycles. The number of nitrogens with zero attached hydrogens (tertiary/aromatic N) is 3. The van der Waals surface area contributed by atoms with Crippen LogP contribution in [0.1, 0.15) is 11.3 Å². The van der Waals surface area contributed by atoms with Crippen LogP contribution in [0.15, 0.2) is 34.9 Å². The van der Waals surface area contributed by atoms with Gasteiger partial charge in [0.25, 0.3) is 11.4 Å². The molecule has 2 rings (SSSR count). The number of alkyl halides is 3. The number of nitro groups is 2. The minimum atomic E-state index is -4.95. The lowest BCUT2D eigenvalue weighted by molar-refractivity contribution is -0.393. The van der Waals surface area contributed by atoms with Crippen LogP contribution in [-0.2, 0) is 12.7 Å². The highest BCUT2D eigenvalue weighted by Gasteiger charge is 2.38. The van der Waals surface area contributed by atoms with Gasteiger partial charge in [0.05, 0.1) is 28.2 Å². The highest BCUT2D eigenvalue weighted by Crippen LogP contribution is 2.43. The van der Waals surface area contributed by atoms with E-state index in [9.17, 15) is 33.4 Å². The monoisotopic (exact) mass is 345 g/mol. The Morgan fingerprint density at radius 2 is 1.71 bits per heavy atom. The number of hydrogen-bond donors (Lipinski definition) is 0. The zero-order chi connectivity index (χ0) is 18.1. The number of nitro benzene ring substituents is 2. The molecule has 11 heteroatoms. The molecule has 0 spiro atoms. The number of furan rings is 1. The maximum absolute atomic E-state index is 12.8. The molecule has 0 N–H and O–H groups in total. The van der Waals surface area contributed by atoms with Crippen molar-refractivity contribution in [3.8, 4) is 0 Å². The van der Waals surface area contributed by atoms with Crippen LogP contribution in [0.2, 0.25) is 0 Å². The molecule has 2 aromatic rings. The number of halogens is 3. The first-order valence-electron chi connectivity index (χ1n) is 6.38. The van der Waals surface area contributed by atoms with Crippen LogP contribution < -0.4 is 4.90 Å².